The Morgan fingerprint density at radius 3 is 2.45 bits per heavy atom. The molecule has 0 aliphatic rings. The first-order valence-corrected chi connectivity index (χ1v) is 9.06. The molecular weight excluding hydrogens is 417 g/mol. The number of halogens is 3. The number of hydrogen-bond donors (Lipinski definition) is 3. The summed E-state index contributed by atoms with van der Waals surface area (Å²) in [4.78, 5) is 36.2. The topological polar surface area (TPSA) is 109 Å². The van der Waals surface area contributed by atoms with E-state index in [4.69, 9.17) is 5.11 Å². The van der Waals surface area contributed by atoms with E-state index < -0.39 is 53.4 Å². The standard InChI is InChI=1S/C21H17F3N2O5/c1-9(20(30)25-8-15(27)28)16-10(2)26(21(31)11-4-3-5-12(22)6-11)14-7-13(23)19(29)18(24)17(14)16/h3-7,9,29H,8H2,1-2H3,(H,25,30)(H,27,28). The minimum atomic E-state index is -1.38. The maximum Gasteiger partial charge on any atom is 0.322 e. The molecule has 7 nitrogen and oxygen atoms in total. The fraction of sp³-hybridized carbons (Fsp3) is 0.190. The molecule has 0 spiro atoms. The molecule has 1 amide bonds. The van der Waals surface area contributed by atoms with Gasteiger partial charge in [0.2, 0.25) is 5.91 Å². The van der Waals surface area contributed by atoms with Gasteiger partial charge in [-0.2, -0.15) is 0 Å². The SMILES string of the molecule is Cc1c(C(C)C(=O)NCC(=O)O)c2c(F)c(O)c(F)cc2n1C(=O)c1cccc(F)c1. The summed E-state index contributed by atoms with van der Waals surface area (Å²) >= 11 is 0. The Kier molecular flexibility index (Phi) is 5.74. The summed E-state index contributed by atoms with van der Waals surface area (Å²) in [6, 6.07) is 5.41. The number of fused-ring (bicyclic) bond motifs is 1. The van der Waals surface area contributed by atoms with Gasteiger partial charge in [0.25, 0.3) is 5.91 Å². The summed E-state index contributed by atoms with van der Waals surface area (Å²) in [5, 5.41) is 20.3. The van der Waals surface area contributed by atoms with Crippen LogP contribution >= 0.6 is 0 Å². The van der Waals surface area contributed by atoms with Crippen molar-refractivity contribution in [2.24, 2.45) is 0 Å². The van der Waals surface area contributed by atoms with Gasteiger partial charge >= 0.3 is 5.97 Å². The Bertz CT molecular complexity index is 1240. The number of nitrogens with one attached hydrogen (secondary N) is 1. The minimum absolute atomic E-state index is 0.0459. The van der Waals surface area contributed by atoms with Crippen molar-refractivity contribution in [1.29, 1.82) is 0 Å². The highest BCUT2D eigenvalue weighted by Gasteiger charge is 2.30. The Hall–Kier alpha value is -3.82. The van der Waals surface area contributed by atoms with Crippen molar-refractivity contribution in [3.8, 4) is 5.75 Å². The number of hydrogen-bond acceptors (Lipinski definition) is 4. The molecule has 3 aromatic rings. The zero-order valence-electron chi connectivity index (χ0n) is 16.4. The minimum Gasteiger partial charge on any atom is -0.503 e. The van der Waals surface area contributed by atoms with Gasteiger partial charge in [-0.05, 0) is 37.6 Å². The summed E-state index contributed by atoms with van der Waals surface area (Å²) < 4.78 is 43.5. The summed E-state index contributed by atoms with van der Waals surface area (Å²) in [6.07, 6.45) is 0. The number of carboxylic acids is 1. The van der Waals surface area contributed by atoms with Gasteiger partial charge in [-0.3, -0.25) is 19.0 Å². The maximum absolute atomic E-state index is 14.9. The van der Waals surface area contributed by atoms with Crippen LogP contribution in [0.1, 0.15) is 34.5 Å². The van der Waals surface area contributed by atoms with Crippen LogP contribution in [0, 0.1) is 24.4 Å². The van der Waals surface area contributed by atoms with Crippen molar-refractivity contribution >= 4 is 28.7 Å². The van der Waals surface area contributed by atoms with Crippen molar-refractivity contribution < 1.29 is 37.8 Å². The van der Waals surface area contributed by atoms with Gasteiger partial charge in [0.05, 0.1) is 11.4 Å². The smallest absolute Gasteiger partial charge is 0.322 e. The molecule has 0 aliphatic carbocycles. The highest BCUT2D eigenvalue weighted by molar-refractivity contribution is 6.06. The first-order chi connectivity index (χ1) is 14.5. The lowest BCUT2D eigenvalue weighted by molar-refractivity contribution is -0.138. The largest absolute Gasteiger partial charge is 0.503 e. The Balaban J connectivity index is 2.27. The number of phenols is 1. The molecule has 0 saturated heterocycles. The number of carbonyl (C=O) groups excluding carboxylic acids is 2. The van der Waals surface area contributed by atoms with Crippen LogP contribution in [-0.2, 0) is 9.59 Å². The van der Waals surface area contributed by atoms with E-state index in [1.807, 2.05) is 0 Å². The number of nitrogens with zero attached hydrogens (tertiary/aromatic N) is 1. The summed E-state index contributed by atoms with van der Waals surface area (Å²) in [5.41, 5.74) is -0.377. The number of phenolic OH excluding ortho intramolecular Hbond substituents is 1. The molecule has 1 heterocycles. The normalized spacial score (nSPS) is 12.0. The molecule has 1 aromatic heterocycles. The molecule has 10 heteroatoms. The summed E-state index contributed by atoms with van der Waals surface area (Å²) in [6.45, 7) is 2.03. The molecule has 2 aromatic carbocycles. The second-order valence-electron chi connectivity index (χ2n) is 6.90. The van der Waals surface area contributed by atoms with Gasteiger partial charge in [-0.15, -0.1) is 0 Å². The predicted octanol–water partition coefficient (Wildman–Crippen LogP) is 3.07. The average Bonchev–Trinajstić information content (AvgIpc) is 3.00. The first kappa shape index (κ1) is 21.9. The first-order valence-electron chi connectivity index (χ1n) is 9.06. The number of aromatic nitrogens is 1. The third-order valence-corrected chi connectivity index (χ3v) is 4.92. The van der Waals surface area contributed by atoms with Crippen LogP contribution in [0.5, 0.6) is 5.75 Å². The lowest BCUT2D eigenvalue weighted by Gasteiger charge is -2.13. The van der Waals surface area contributed by atoms with Crippen molar-refractivity contribution in [2.75, 3.05) is 6.54 Å². The molecule has 0 radical (unpaired) electrons. The molecule has 0 bridgehead atoms. The lowest BCUT2D eigenvalue weighted by atomic mass is 9.96. The van der Waals surface area contributed by atoms with Crippen LogP contribution in [0.15, 0.2) is 30.3 Å². The Morgan fingerprint density at radius 1 is 1.16 bits per heavy atom. The van der Waals surface area contributed by atoms with E-state index in [2.05, 4.69) is 5.32 Å². The molecule has 162 valence electrons. The molecule has 0 fully saturated rings. The zero-order valence-corrected chi connectivity index (χ0v) is 16.4. The molecule has 31 heavy (non-hydrogen) atoms. The molecule has 0 saturated carbocycles. The van der Waals surface area contributed by atoms with E-state index in [0.717, 1.165) is 22.8 Å². The van der Waals surface area contributed by atoms with Crippen LogP contribution in [0.25, 0.3) is 10.9 Å². The number of rotatable bonds is 5. The number of carboxylic acid groups (broad SMARTS) is 1. The van der Waals surface area contributed by atoms with E-state index in [0.29, 0.717) is 0 Å². The van der Waals surface area contributed by atoms with Gasteiger partial charge < -0.3 is 15.5 Å². The third kappa shape index (κ3) is 3.83. The van der Waals surface area contributed by atoms with Crippen molar-refractivity contribution in [3.05, 3.63) is 64.6 Å². The number of aromatic hydroxyl groups is 1. The van der Waals surface area contributed by atoms with Gasteiger partial charge in [0.15, 0.2) is 17.4 Å². The van der Waals surface area contributed by atoms with E-state index in [-0.39, 0.29) is 27.7 Å². The van der Waals surface area contributed by atoms with Crippen LogP contribution in [0.4, 0.5) is 13.2 Å². The fourth-order valence-corrected chi connectivity index (χ4v) is 3.50. The van der Waals surface area contributed by atoms with Crippen molar-refractivity contribution in [3.63, 3.8) is 0 Å². The van der Waals surface area contributed by atoms with Crippen LogP contribution in [0.2, 0.25) is 0 Å². The maximum atomic E-state index is 14.9. The van der Waals surface area contributed by atoms with Crippen molar-refractivity contribution in [1.82, 2.24) is 9.88 Å². The molecule has 1 atom stereocenters. The molecular formula is C21H17F3N2O5. The number of carbonyl (C=O) groups is 3. The van der Waals surface area contributed by atoms with Gasteiger partial charge in [-0.25, -0.2) is 13.2 Å². The zero-order chi connectivity index (χ0) is 23.0. The summed E-state index contributed by atoms with van der Waals surface area (Å²) in [7, 11) is 0. The van der Waals surface area contributed by atoms with E-state index in [9.17, 15) is 32.7 Å². The van der Waals surface area contributed by atoms with Crippen LogP contribution in [0.3, 0.4) is 0 Å². The molecule has 3 rings (SSSR count). The molecule has 3 N–H and O–H groups in total. The second-order valence-corrected chi connectivity index (χ2v) is 6.90. The predicted molar refractivity (Wildman–Crippen MR) is 103 cm³/mol. The highest BCUT2D eigenvalue weighted by Crippen LogP contribution is 2.38. The Labute approximate surface area is 173 Å². The molecule has 0 aliphatic heterocycles. The van der Waals surface area contributed by atoms with Gasteiger partial charge in [-0.1, -0.05) is 6.07 Å². The van der Waals surface area contributed by atoms with Crippen LogP contribution < -0.4 is 5.32 Å². The van der Waals surface area contributed by atoms with E-state index in [1.165, 1.54) is 26.0 Å². The number of amides is 1. The van der Waals surface area contributed by atoms with E-state index in [1.54, 1.807) is 0 Å². The number of aliphatic carboxylic acids is 1. The lowest BCUT2D eigenvalue weighted by Crippen LogP contribution is -2.32. The van der Waals surface area contributed by atoms with Crippen molar-refractivity contribution in [2.45, 2.75) is 19.8 Å². The summed E-state index contributed by atoms with van der Waals surface area (Å²) in [5.74, 6) is -8.75. The average molecular weight is 434 g/mol. The van der Waals surface area contributed by atoms with Gasteiger partial charge in [0, 0.05) is 22.7 Å². The molecule has 1 unspecified atom stereocenters. The fourth-order valence-electron chi connectivity index (χ4n) is 3.50. The third-order valence-electron chi connectivity index (χ3n) is 4.92. The van der Waals surface area contributed by atoms with E-state index >= 15 is 0 Å². The highest BCUT2D eigenvalue weighted by atomic mass is 19.1. The second kappa shape index (κ2) is 8.13. The van der Waals surface area contributed by atoms with Crippen LogP contribution in [-0.4, -0.2) is 39.1 Å². The monoisotopic (exact) mass is 434 g/mol. The quantitative estimate of drug-likeness (QED) is 0.572. The number of benzene rings is 2. The Morgan fingerprint density at radius 2 is 1.84 bits per heavy atom. The van der Waals surface area contributed by atoms with Gasteiger partial charge in [0.1, 0.15) is 12.4 Å².